The van der Waals surface area contributed by atoms with Crippen molar-refractivity contribution < 1.29 is 18.7 Å². The molecule has 0 bridgehead atoms. The first-order valence-electron chi connectivity index (χ1n) is 12.7. The Bertz CT molecular complexity index is 1050. The minimum absolute atomic E-state index is 0.0154. The van der Waals surface area contributed by atoms with Crippen LogP contribution in [-0.2, 0) is 9.47 Å². The third-order valence-electron chi connectivity index (χ3n) is 6.96. The van der Waals surface area contributed by atoms with Gasteiger partial charge in [-0.1, -0.05) is 0 Å². The Hall–Kier alpha value is -3.04. The third kappa shape index (κ3) is 6.20. The minimum atomic E-state index is -0.346. The molecule has 0 unspecified atom stereocenters. The summed E-state index contributed by atoms with van der Waals surface area (Å²) in [6, 6.07) is 8.14. The van der Waals surface area contributed by atoms with Crippen molar-refractivity contribution in [2.24, 2.45) is 0 Å². The number of ether oxygens (including phenoxy) is 2. The predicted molar refractivity (Wildman–Crippen MR) is 139 cm³/mol. The van der Waals surface area contributed by atoms with E-state index in [0.717, 1.165) is 57.5 Å². The maximum Gasteiger partial charge on any atom is 0.219 e. The summed E-state index contributed by atoms with van der Waals surface area (Å²) in [5.41, 5.74) is 2.12. The number of nitrogens with zero attached hydrogens (tertiary/aromatic N) is 3. The number of aromatic nitrogens is 1. The second-order valence-electron chi connectivity index (χ2n) is 9.72. The number of carbonyl (C=O) groups excluding carboxylic acids is 1. The van der Waals surface area contributed by atoms with Gasteiger partial charge in [-0.15, -0.1) is 0 Å². The van der Waals surface area contributed by atoms with Gasteiger partial charge in [0.25, 0.3) is 0 Å². The van der Waals surface area contributed by atoms with E-state index in [1.807, 2.05) is 13.8 Å². The number of rotatable bonds is 8. The van der Waals surface area contributed by atoms with Crippen molar-refractivity contribution in [3.8, 4) is 0 Å². The SMILES string of the molecule is COC1CCN(C2CCN(c3cc(C=O)nc(Nc4ccc(F)cc4)c3C(=N)OC(C)C)CC2)CC1. The molecule has 3 heterocycles. The fraction of sp³-hybridized carbons (Fsp3) is 0.519. The molecule has 1 aromatic heterocycles. The largest absolute Gasteiger partial charge is 0.475 e. The van der Waals surface area contributed by atoms with Crippen molar-refractivity contribution in [2.75, 3.05) is 43.5 Å². The molecular formula is C27H36FN5O3. The summed E-state index contributed by atoms with van der Waals surface area (Å²) < 4.78 is 24.7. The Morgan fingerprint density at radius 1 is 1.14 bits per heavy atom. The summed E-state index contributed by atoms with van der Waals surface area (Å²) >= 11 is 0. The summed E-state index contributed by atoms with van der Waals surface area (Å²) in [6.07, 6.45) is 5.00. The van der Waals surface area contributed by atoms with Crippen LogP contribution in [0.5, 0.6) is 0 Å². The molecule has 194 valence electrons. The van der Waals surface area contributed by atoms with Crippen LogP contribution in [0.1, 0.15) is 55.6 Å². The Balaban J connectivity index is 1.59. The van der Waals surface area contributed by atoms with Crippen LogP contribution in [0.15, 0.2) is 30.3 Å². The maximum absolute atomic E-state index is 13.4. The summed E-state index contributed by atoms with van der Waals surface area (Å²) in [6.45, 7) is 7.44. The molecule has 8 nitrogen and oxygen atoms in total. The highest BCUT2D eigenvalue weighted by atomic mass is 19.1. The number of hydrogen-bond acceptors (Lipinski definition) is 8. The van der Waals surface area contributed by atoms with Gasteiger partial charge in [0.15, 0.2) is 6.29 Å². The number of methoxy groups -OCH3 is 1. The number of hydrogen-bond donors (Lipinski definition) is 2. The molecule has 2 saturated heterocycles. The molecule has 0 radical (unpaired) electrons. The Morgan fingerprint density at radius 3 is 2.39 bits per heavy atom. The lowest BCUT2D eigenvalue weighted by Crippen LogP contribution is -2.49. The molecule has 0 saturated carbocycles. The topological polar surface area (TPSA) is 90.8 Å². The van der Waals surface area contributed by atoms with Gasteiger partial charge in [0, 0.05) is 45.0 Å². The fourth-order valence-electron chi connectivity index (χ4n) is 5.09. The van der Waals surface area contributed by atoms with E-state index in [1.165, 1.54) is 12.1 Å². The lowest BCUT2D eigenvalue weighted by Gasteiger charge is -2.42. The molecule has 2 fully saturated rings. The first-order chi connectivity index (χ1) is 17.4. The molecule has 9 heteroatoms. The van der Waals surface area contributed by atoms with E-state index in [1.54, 1.807) is 25.3 Å². The molecular weight excluding hydrogens is 461 g/mol. The predicted octanol–water partition coefficient (Wildman–Crippen LogP) is 4.61. The van der Waals surface area contributed by atoms with Crippen LogP contribution in [0.4, 0.5) is 21.6 Å². The smallest absolute Gasteiger partial charge is 0.219 e. The van der Waals surface area contributed by atoms with Crippen LogP contribution in [0.2, 0.25) is 0 Å². The van der Waals surface area contributed by atoms with Crippen molar-refractivity contribution >= 4 is 29.4 Å². The second-order valence-corrected chi connectivity index (χ2v) is 9.72. The van der Waals surface area contributed by atoms with Crippen molar-refractivity contribution in [1.82, 2.24) is 9.88 Å². The van der Waals surface area contributed by atoms with E-state index in [9.17, 15) is 9.18 Å². The van der Waals surface area contributed by atoms with Gasteiger partial charge >= 0.3 is 0 Å². The molecule has 0 aliphatic carbocycles. The van der Waals surface area contributed by atoms with E-state index in [-0.39, 0.29) is 23.5 Å². The number of carbonyl (C=O) groups is 1. The summed E-state index contributed by atoms with van der Waals surface area (Å²) in [5, 5.41) is 11.9. The number of benzene rings is 1. The number of halogens is 1. The molecule has 1 aromatic carbocycles. The van der Waals surface area contributed by atoms with Gasteiger partial charge in [0.2, 0.25) is 5.90 Å². The van der Waals surface area contributed by atoms with Gasteiger partial charge in [-0.25, -0.2) is 9.37 Å². The number of pyridine rings is 1. The van der Waals surface area contributed by atoms with Gasteiger partial charge in [-0.3, -0.25) is 10.2 Å². The molecule has 2 aromatic rings. The van der Waals surface area contributed by atoms with E-state index in [0.29, 0.717) is 35.5 Å². The van der Waals surface area contributed by atoms with Crippen LogP contribution in [0, 0.1) is 11.2 Å². The standard InChI is InChI=1S/C27H36FN5O3/c1-18(2)36-26(29)25-24(16-21(17-34)31-27(25)30-20-6-4-19(28)5-7-20)33-12-8-22(9-13-33)32-14-10-23(35-3)11-15-32/h4-7,16-18,22-23,29H,8-15H2,1-3H3,(H,30,31). The highest BCUT2D eigenvalue weighted by Crippen LogP contribution is 2.33. The van der Waals surface area contributed by atoms with Crippen molar-refractivity contribution in [3.63, 3.8) is 0 Å². The Kier molecular flexibility index (Phi) is 8.53. The summed E-state index contributed by atoms with van der Waals surface area (Å²) in [5.74, 6) is -0.0183. The van der Waals surface area contributed by atoms with E-state index in [4.69, 9.17) is 14.9 Å². The first-order valence-corrected chi connectivity index (χ1v) is 12.7. The van der Waals surface area contributed by atoms with Gasteiger partial charge in [-0.2, -0.15) is 0 Å². The number of piperidine rings is 2. The monoisotopic (exact) mass is 497 g/mol. The Morgan fingerprint density at radius 2 is 1.81 bits per heavy atom. The fourth-order valence-corrected chi connectivity index (χ4v) is 5.09. The van der Waals surface area contributed by atoms with Crippen LogP contribution < -0.4 is 10.2 Å². The zero-order valence-corrected chi connectivity index (χ0v) is 21.3. The molecule has 0 amide bonds. The number of aldehydes is 1. The van der Waals surface area contributed by atoms with Gasteiger partial charge < -0.3 is 24.6 Å². The van der Waals surface area contributed by atoms with Crippen molar-refractivity contribution in [3.05, 3.63) is 47.4 Å². The lowest BCUT2D eigenvalue weighted by atomic mass is 9.98. The Labute approximate surface area is 212 Å². The first kappa shape index (κ1) is 26.0. The maximum atomic E-state index is 13.4. The van der Waals surface area contributed by atoms with Crippen molar-refractivity contribution in [1.29, 1.82) is 5.41 Å². The third-order valence-corrected chi connectivity index (χ3v) is 6.96. The van der Waals surface area contributed by atoms with Crippen LogP contribution in [0.3, 0.4) is 0 Å². The molecule has 0 spiro atoms. The average molecular weight is 498 g/mol. The molecule has 2 N–H and O–H groups in total. The average Bonchev–Trinajstić information content (AvgIpc) is 2.89. The van der Waals surface area contributed by atoms with Gasteiger partial charge in [0.05, 0.1) is 17.9 Å². The van der Waals surface area contributed by atoms with E-state index in [2.05, 4.69) is 20.1 Å². The molecule has 4 rings (SSSR count). The molecule has 2 aliphatic heterocycles. The zero-order chi connectivity index (χ0) is 25.7. The zero-order valence-electron chi connectivity index (χ0n) is 21.3. The van der Waals surface area contributed by atoms with Crippen molar-refractivity contribution in [2.45, 2.75) is 57.8 Å². The number of nitrogens with one attached hydrogen (secondary N) is 2. The highest BCUT2D eigenvalue weighted by molar-refractivity contribution is 6.04. The summed E-state index contributed by atoms with van der Waals surface area (Å²) in [4.78, 5) is 21.0. The molecule has 0 atom stereocenters. The van der Waals surface area contributed by atoms with Crippen LogP contribution in [0.25, 0.3) is 0 Å². The van der Waals surface area contributed by atoms with Crippen LogP contribution in [-0.4, -0.2) is 73.6 Å². The number of likely N-dealkylation sites (tertiary alicyclic amines) is 1. The van der Waals surface area contributed by atoms with Gasteiger partial charge in [-0.05, 0) is 69.9 Å². The normalized spacial score (nSPS) is 17.9. The molecule has 2 aliphatic rings. The van der Waals surface area contributed by atoms with Crippen LogP contribution >= 0.6 is 0 Å². The van der Waals surface area contributed by atoms with Gasteiger partial charge in [0.1, 0.15) is 22.9 Å². The second kappa shape index (κ2) is 11.8. The highest BCUT2D eigenvalue weighted by Gasteiger charge is 2.30. The quantitative estimate of drug-likeness (QED) is 0.313. The minimum Gasteiger partial charge on any atom is -0.475 e. The lowest BCUT2D eigenvalue weighted by molar-refractivity contribution is 0.0233. The molecule has 36 heavy (non-hydrogen) atoms. The summed E-state index contributed by atoms with van der Waals surface area (Å²) in [7, 11) is 1.79. The van der Waals surface area contributed by atoms with E-state index < -0.39 is 0 Å². The van der Waals surface area contributed by atoms with E-state index >= 15 is 0 Å². The number of anilines is 3.